The van der Waals surface area contributed by atoms with Crippen LogP contribution in [0.2, 0.25) is 0 Å². The summed E-state index contributed by atoms with van der Waals surface area (Å²) in [5.74, 6) is 1.41. The van der Waals surface area contributed by atoms with Crippen molar-refractivity contribution in [3.63, 3.8) is 0 Å². The van der Waals surface area contributed by atoms with Crippen LogP contribution in [0.15, 0.2) is 60.8 Å². The Kier molecular flexibility index (Phi) is 7.89. The van der Waals surface area contributed by atoms with E-state index in [9.17, 15) is 4.79 Å². The van der Waals surface area contributed by atoms with Gasteiger partial charge in [-0.15, -0.1) is 0 Å². The van der Waals surface area contributed by atoms with Gasteiger partial charge in [0.2, 0.25) is 0 Å². The molecule has 1 amide bonds. The highest BCUT2D eigenvalue weighted by Crippen LogP contribution is 2.40. The Morgan fingerprint density at radius 3 is 2.49 bits per heavy atom. The number of anilines is 1. The minimum atomic E-state index is -0.209. The SMILES string of the molecule is COc1cc(C(=N)c2cc(C(=O)NC(c3ccccn3)C3CC3)ccc2N)ccc1OC1CCN(C2COC2)CC1. The molecular weight excluding hydrogens is 518 g/mol. The summed E-state index contributed by atoms with van der Waals surface area (Å²) in [6.07, 6.45) is 5.89. The number of nitrogens with one attached hydrogen (secondary N) is 2. The molecule has 2 aliphatic heterocycles. The second kappa shape index (κ2) is 11.9. The standard InChI is InChI=1S/C32H37N5O4/c1-39-29-17-21(8-10-28(29)41-24-11-14-37(15-12-24)23-18-40-19-23)30(34)25-16-22(7-9-26(25)33)32(38)36-31(20-5-6-20)27-4-2-3-13-35-27/h2-4,7-10,13,16-17,20,23-24,31,34H,5-6,11-12,14-15,18-19,33H2,1H3,(H,36,38). The molecule has 6 rings (SSSR count). The molecule has 4 N–H and O–H groups in total. The smallest absolute Gasteiger partial charge is 0.251 e. The van der Waals surface area contributed by atoms with Gasteiger partial charge in [0.15, 0.2) is 11.5 Å². The van der Waals surface area contributed by atoms with Gasteiger partial charge in [-0.05, 0) is 80.1 Å². The normalized spacial score (nSPS) is 18.8. The molecule has 0 bridgehead atoms. The molecule has 2 aromatic carbocycles. The average molecular weight is 556 g/mol. The first-order valence-electron chi connectivity index (χ1n) is 14.4. The van der Waals surface area contributed by atoms with E-state index in [0.29, 0.717) is 45.8 Å². The summed E-state index contributed by atoms with van der Waals surface area (Å²) in [7, 11) is 1.60. The number of likely N-dealkylation sites (tertiary alicyclic amines) is 1. The highest BCUT2D eigenvalue weighted by Gasteiger charge is 2.34. The molecule has 0 radical (unpaired) electrons. The number of amides is 1. The summed E-state index contributed by atoms with van der Waals surface area (Å²) in [4.78, 5) is 20.2. The number of nitrogens with two attached hydrogens (primary N) is 1. The van der Waals surface area contributed by atoms with Gasteiger partial charge in [-0.3, -0.25) is 20.1 Å². The fourth-order valence-corrected chi connectivity index (χ4v) is 5.61. The number of nitrogen functional groups attached to an aromatic ring is 1. The summed E-state index contributed by atoms with van der Waals surface area (Å²) >= 11 is 0. The highest BCUT2D eigenvalue weighted by atomic mass is 16.5. The predicted octanol–water partition coefficient (Wildman–Crippen LogP) is 4.21. The quantitative estimate of drug-likeness (QED) is 0.253. The minimum Gasteiger partial charge on any atom is -0.493 e. The molecule has 1 unspecified atom stereocenters. The summed E-state index contributed by atoms with van der Waals surface area (Å²) in [5, 5.41) is 12.1. The van der Waals surface area contributed by atoms with Gasteiger partial charge in [0.25, 0.3) is 5.91 Å². The molecule has 1 atom stereocenters. The van der Waals surface area contributed by atoms with Crippen molar-refractivity contribution in [1.29, 1.82) is 5.41 Å². The van der Waals surface area contributed by atoms with Crippen molar-refractivity contribution >= 4 is 17.3 Å². The lowest BCUT2D eigenvalue weighted by Crippen LogP contribution is -2.52. The van der Waals surface area contributed by atoms with Crippen molar-refractivity contribution in [2.45, 2.75) is 43.9 Å². The lowest BCUT2D eigenvalue weighted by atomic mass is 9.97. The van der Waals surface area contributed by atoms with Crippen LogP contribution in [0, 0.1) is 11.3 Å². The van der Waals surface area contributed by atoms with Gasteiger partial charge in [-0.1, -0.05) is 6.07 Å². The zero-order valence-corrected chi connectivity index (χ0v) is 23.3. The molecule has 0 spiro atoms. The maximum absolute atomic E-state index is 13.3. The van der Waals surface area contributed by atoms with E-state index >= 15 is 0 Å². The van der Waals surface area contributed by atoms with Gasteiger partial charge in [0.05, 0.1) is 43.8 Å². The molecule has 9 nitrogen and oxygen atoms in total. The molecule has 41 heavy (non-hydrogen) atoms. The fraction of sp³-hybridized carbons (Fsp3) is 0.406. The topological polar surface area (TPSA) is 123 Å². The molecular formula is C32H37N5O4. The van der Waals surface area contributed by atoms with Gasteiger partial charge in [-0.2, -0.15) is 0 Å². The second-order valence-electron chi connectivity index (χ2n) is 11.1. The van der Waals surface area contributed by atoms with Crippen LogP contribution in [0.25, 0.3) is 0 Å². The highest BCUT2D eigenvalue weighted by molar-refractivity contribution is 6.15. The number of hydrogen-bond acceptors (Lipinski definition) is 8. The summed E-state index contributed by atoms with van der Waals surface area (Å²) in [5.41, 5.74) is 9.36. The minimum absolute atomic E-state index is 0.114. The van der Waals surface area contributed by atoms with Crippen LogP contribution in [-0.4, -0.2) is 67.1 Å². The monoisotopic (exact) mass is 555 g/mol. The van der Waals surface area contributed by atoms with Crippen LogP contribution >= 0.6 is 0 Å². The number of carbonyl (C=O) groups excluding carboxylic acids is 1. The third-order valence-electron chi connectivity index (χ3n) is 8.33. The van der Waals surface area contributed by atoms with Crippen LogP contribution in [0.3, 0.4) is 0 Å². The Bertz CT molecular complexity index is 1400. The fourth-order valence-electron chi connectivity index (χ4n) is 5.61. The number of nitrogens with zero attached hydrogens (tertiary/aromatic N) is 2. The van der Waals surface area contributed by atoms with E-state index in [1.165, 1.54) is 0 Å². The maximum atomic E-state index is 13.3. The molecule has 1 aliphatic carbocycles. The number of ether oxygens (including phenoxy) is 3. The molecule has 1 saturated carbocycles. The lowest BCUT2D eigenvalue weighted by Gasteiger charge is -2.41. The van der Waals surface area contributed by atoms with Crippen LogP contribution < -0.4 is 20.5 Å². The van der Waals surface area contributed by atoms with E-state index in [1.807, 2.05) is 30.3 Å². The Labute approximate surface area is 240 Å². The number of rotatable bonds is 10. The lowest BCUT2D eigenvalue weighted by molar-refractivity contribution is -0.0778. The van der Waals surface area contributed by atoms with Gasteiger partial charge in [0.1, 0.15) is 6.10 Å². The van der Waals surface area contributed by atoms with Crippen molar-refractivity contribution in [2.75, 3.05) is 39.1 Å². The molecule has 214 valence electrons. The summed E-state index contributed by atoms with van der Waals surface area (Å²) in [6, 6.07) is 16.7. The predicted molar refractivity (Wildman–Crippen MR) is 157 cm³/mol. The van der Waals surface area contributed by atoms with Crippen molar-refractivity contribution in [2.24, 2.45) is 5.92 Å². The van der Waals surface area contributed by atoms with Crippen molar-refractivity contribution in [3.05, 3.63) is 83.2 Å². The van der Waals surface area contributed by atoms with Crippen molar-refractivity contribution < 1.29 is 19.0 Å². The van der Waals surface area contributed by atoms with Gasteiger partial charge < -0.3 is 25.3 Å². The molecule has 9 heteroatoms. The van der Waals surface area contributed by atoms with Crippen molar-refractivity contribution in [1.82, 2.24) is 15.2 Å². The molecule has 1 aromatic heterocycles. The van der Waals surface area contributed by atoms with E-state index in [1.54, 1.807) is 37.6 Å². The summed E-state index contributed by atoms with van der Waals surface area (Å²) < 4.78 is 17.3. The first kappa shape index (κ1) is 27.2. The first-order chi connectivity index (χ1) is 20.0. The Morgan fingerprint density at radius 2 is 1.83 bits per heavy atom. The van der Waals surface area contributed by atoms with Crippen LogP contribution in [0.4, 0.5) is 5.69 Å². The maximum Gasteiger partial charge on any atom is 0.251 e. The van der Waals surface area contributed by atoms with Crippen LogP contribution in [-0.2, 0) is 4.74 Å². The zero-order chi connectivity index (χ0) is 28.3. The van der Waals surface area contributed by atoms with Crippen molar-refractivity contribution in [3.8, 4) is 11.5 Å². The van der Waals surface area contributed by atoms with Gasteiger partial charge in [-0.25, -0.2) is 0 Å². The van der Waals surface area contributed by atoms with Gasteiger partial charge >= 0.3 is 0 Å². The molecule has 2 saturated heterocycles. The van der Waals surface area contributed by atoms with Crippen LogP contribution in [0.1, 0.15) is 58.9 Å². The van der Waals surface area contributed by atoms with Crippen LogP contribution in [0.5, 0.6) is 11.5 Å². The summed E-state index contributed by atoms with van der Waals surface area (Å²) in [6.45, 7) is 3.65. The second-order valence-corrected chi connectivity index (χ2v) is 11.1. The van der Waals surface area contributed by atoms with E-state index < -0.39 is 0 Å². The van der Waals surface area contributed by atoms with E-state index in [-0.39, 0.29) is 23.8 Å². The molecule has 3 heterocycles. The molecule has 3 aromatic rings. The van der Waals surface area contributed by atoms with E-state index in [2.05, 4.69) is 15.2 Å². The van der Waals surface area contributed by atoms with Gasteiger partial charge in [0, 0.05) is 41.7 Å². The third-order valence-corrected chi connectivity index (χ3v) is 8.33. The third kappa shape index (κ3) is 6.06. The van der Waals surface area contributed by atoms with E-state index in [4.69, 9.17) is 25.4 Å². The molecule has 3 fully saturated rings. The Morgan fingerprint density at radius 1 is 1.05 bits per heavy atom. The zero-order valence-electron chi connectivity index (χ0n) is 23.3. The van der Waals surface area contributed by atoms with E-state index in [0.717, 1.165) is 57.7 Å². The number of hydrogen-bond donors (Lipinski definition) is 3. The number of benzene rings is 2. The number of aromatic nitrogens is 1. The number of piperidine rings is 1. The Hall–Kier alpha value is -3.95. The molecule has 3 aliphatic rings. The first-order valence-corrected chi connectivity index (χ1v) is 14.4. The number of pyridine rings is 1. The average Bonchev–Trinajstić information content (AvgIpc) is 3.82. The Balaban J connectivity index is 1.15. The largest absolute Gasteiger partial charge is 0.493 e. The number of methoxy groups -OCH3 is 1. The number of carbonyl (C=O) groups is 1.